The Hall–Kier alpha value is -1.36. The van der Waals surface area contributed by atoms with E-state index in [0.717, 1.165) is 30.7 Å². The second-order valence-electron chi connectivity index (χ2n) is 9.19. The number of benzene rings is 1. The number of hydrogen-bond acceptors (Lipinski definition) is 3. The van der Waals surface area contributed by atoms with E-state index in [4.69, 9.17) is 0 Å². The van der Waals surface area contributed by atoms with Crippen LogP contribution in [0.2, 0.25) is 0 Å². The van der Waals surface area contributed by atoms with Crippen LogP contribution in [0.3, 0.4) is 0 Å². The van der Waals surface area contributed by atoms with Crippen molar-refractivity contribution in [1.29, 1.82) is 0 Å². The molecule has 4 aliphatic rings. The lowest BCUT2D eigenvalue weighted by atomic mass is 9.49. The number of carbonyl (C=O) groups excluding carboxylic acids is 1. The summed E-state index contributed by atoms with van der Waals surface area (Å²) in [6.45, 7) is 0.724. The van der Waals surface area contributed by atoms with Gasteiger partial charge in [0.15, 0.2) is 9.84 Å². The molecule has 4 aliphatic carbocycles. The van der Waals surface area contributed by atoms with Crippen LogP contribution >= 0.6 is 0 Å². The zero-order chi connectivity index (χ0) is 18.4. The molecule has 0 atom stereocenters. The normalized spacial score (nSPS) is 32.6. The Balaban J connectivity index is 1.34. The summed E-state index contributed by atoms with van der Waals surface area (Å²) in [7, 11) is -3.09. The van der Waals surface area contributed by atoms with Crippen LogP contribution in [0.4, 0.5) is 0 Å². The van der Waals surface area contributed by atoms with Gasteiger partial charge in [0.25, 0.3) is 5.91 Å². The summed E-state index contributed by atoms with van der Waals surface area (Å²) in [6, 6.07) is 6.97. The van der Waals surface area contributed by atoms with Gasteiger partial charge in [-0.2, -0.15) is 0 Å². The molecule has 4 fully saturated rings. The number of carbonyl (C=O) groups is 1. The van der Waals surface area contributed by atoms with E-state index in [1.807, 2.05) is 0 Å². The molecule has 26 heavy (non-hydrogen) atoms. The van der Waals surface area contributed by atoms with Gasteiger partial charge in [-0.15, -0.1) is 0 Å². The SMILES string of the molecule is CS(=O)(=O)Cc1cccc(C(=O)NCCC23CC4CC(CC(C4)C2)C3)c1. The van der Waals surface area contributed by atoms with Crippen molar-refractivity contribution in [1.82, 2.24) is 5.32 Å². The van der Waals surface area contributed by atoms with E-state index in [1.165, 1.54) is 44.8 Å². The van der Waals surface area contributed by atoms with Gasteiger partial charge in [0.1, 0.15) is 0 Å². The molecule has 1 aromatic carbocycles. The first-order chi connectivity index (χ1) is 12.3. The summed E-state index contributed by atoms with van der Waals surface area (Å²) >= 11 is 0. The molecule has 4 saturated carbocycles. The first-order valence-corrected chi connectivity index (χ1v) is 11.9. The Morgan fingerprint density at radius 1 is 1.12 bits per heavy atom. The minimum atomic E-state index is -3.09. The summed E-state index contributed by atoms with van der Waals surface area (Å²) in [5.41, 5.74) is 1.69. The lowest BCUT2D eigenvalue weighted by molar-refractivity contribution is -0.0564. The molecule has 1 N–H and O–H groups in total. The summed E-state index contributed by atoms with van der Waals surface area (Å²) in [4.78, 5) is 12.5. The molecule has 0 aliphatic heterocycles. The van der Waals surface area contributed by atoms with E-state index >= 15 is 0 Å². The minimum absolute atomic E-state index is 0.0264. The van der Waals surface area contributed by atoms with E-state index < -0.39 is 9.84 Å². The second kappa shape index (κ2) is 6.66. The number of amides is 1. The van der Waals surface area contributed by atoms with E-state index in [-0.39, 0.29) is 11.7 Å². The molecule has 0 heterocycles. The standard InChI is InChI=1S/C21H29NO3S/c1-26(24,25)14-15-3-2-4-19(10-15)20(23)22-6-5-21-11-16-7-17(12-21)9-18(8-16)13-21/h2-4,10,16-18H,5-9,11-14H2,1H3,(H,22,23). The average Bonchev–Trinajstić information content (AvgIpc) is 2.52. The van der Waals surface area contributed by atoms with Gasteiger partial charge in [0, 0.05) is 18.4 Å². The fourth-order valence-electron chi connectivity index (χ4n) is 6.24. The van der Waals surface area contributed by atoms with Crippen LogP contribution in [0.25, 0.3) is 0 Å². The monoisotopic (exact) mass is 375 g/mol. The van der Waals surface area contributed by atoms with Crippen LogP contribution in [-0.4, -0.2) is 27.1 Å². The maximum Gasteiger partial charge on any atom is 0.251 e. The predicted octanol–water partition coefficient (Wildman–Crippen LogP) is 3.57. The molecule has 0 saturated heterocycles. The second-order valence-corrected chi connectivity index (χ2v) is 11.3. The molecule has 5 rings (SSSR count). The first kappa shape index (κ1) is 18.0. The highest BCUT2D eigenvalue weighted by molar-refractivity contribution is 7.89. The van der Waals surface area contributed by atoms with Crippen molar-refractivity contribution < 1.29 is 13.2 Å². The molecule has 142 valence electrons. The zero-order valence-corrected chi connectivity index (χ0v) is 16.4. The fraction of sp³-hybridized carbons (Fsp3) is 0.667. The Kier molecular flexibility index (Phi) is 4.62. The van der Waals surface area contributed by atoms with E-state index in [2.05, 4.69) is 5.32 Å². The van der Waals surface area contributed by atoms with Gasteiger partial charge in [-0.25, -0.2) is 8.42 Å². The summed E-state index contributed by atoms with van der Waals surface area (Å²) in [5, 5.41) is 3.08. The van der Waals surface area contributed by atoms with Crippen molar-refractivity contribution >= 4 is 15.7 Å². The average molecular weight is 376 g/mol. The molecule has 4 nitrogen and oxygen atoms in total. The highest BCUT2D eigenvalue weighted by Gasteiger charge is 2.50. The van der Waals surface area contributed by atoms with Crippen LogP contribution in [-0.2, 0) is 15.6 Å². The van der Waals surface area contributed by atoms with Gasteiger partial charge in [0.05, 0.1) is 5.75 Å². The molecule has 1 amide bonds. The molecule has 5 heteroatoms. The smallest absolute Gasteiger partial charge is 0.251 e. The lowest BCUT2D eigenvalue weighted by Crippen LogP contribution is -2.47. The fourth-order valence-corrected chi connectivity index (χ4v) is 7.03. The number of nitrogens with one attached hydrogen (secondary N) is 1. The molecule has 1 aromatic rings. The van der Waals surface area contributed by atoms with Crippen molar-refractivity contribution in [3.63, 3.8) is 0 Å². The largest absolute Gasteiger partial charge is 0.352 e. The summed E-state index contributed by atoms with van der Waals surface area (Å²) in [6.07, 6.45) is 10.7. The van der Waals surface area contributed by atoms with Crippen molar-refractivity contribution in [3.05, 3.63) is 35.4 Å². The highest BCUT2D eigenvalue weighted by atomic mass is 32.2. The van der Waals surface area contributed by atoms with Crippen LogP contribution in [0.15, 0.2) is 24.3 Å². The third-order valence-corrected chi connectivity index (χ3v) is 7.58. The highest BCUT2D eigenvalue weighted by Crippen LogP contribution is 2.61. The molecule has 0 unspecified atom stereocenters. The van der Waals surface area contributed by atoms with Gasteiger partial charge >= 0.3 is 0 Å². The maximum atomic E-state index is 12.5. The Bertz CT molecular complexity index is 764. The van der Waals surface area contributed by atoms with Gasteiger partial charge < -0.3 is 5.32 Å². The maximum absolute atomic E-state index is 12.5. The number of rotatable bonds is 6. The minimum Gasteiger partial charge on any atom is -0.352 e. The van der Waals surface area contributed by atoms with Crippen LogP contribution < -0.4 is 5.32 Å². The van der Waals surface area contributed by atoms with Gasteiger partial charge in [-0.05, 0) is 85.8 Å². The Morgan fingerprint density at radius 2 is 1.73 bits per heavy atom. The first-order valence-electron chi connectivity index (χ1n) is 9.85. The van der Waals surface area contributed by atoms with E-state index in [1.54, 1.807) is 24.3 Å². The van der Waals surface area contributed by atoms with Gasteiger partial charge in [-0.1, -0.05) is 12.1 Å². The van der Waals surface area contributed by atoms with E-state index in [9.17, 15) is 13.2 Å². The summed E-state index contributed by atoms with van der Waals surface area (Å²) < 4.78 is 22.9. The lowest BCUT2D eigenvalue weighted by Gasteiger charge is -2.57. The zero-order valence-electron chi connectivity index (χ0n) is 15.5. The quantitative estimate of drug-likeness (QED) is 0.827. The Morgan fingerprint density at radius 3 is 2.31 bits per heavy atom. The van der Waals surface area contributed by atoms with Gasteiger partial charge in [0.2, 0.25) is 0 Å². The summed E-state index contributed by atoms with van der Waals surface area (Å²) in [5.74, 6) is 2.69. The van der Waals surface area contributed by atoms with E-state index in [0.29, 0.717) is 16.5 Å². The van der Waals surface area contributed by atoms with Crippen molar-refractivity contribution in [2.24, 2.45) is 23.2 Å². The van der Waals surface area contributed by atoms with Crippen LogP contribution in [0.5, 0.6) is 0 Å². The van der Waals surface area contributed by atoms with Crippen LogP contribution in [0, 0.1) is 23.2 Å². The van der Waals surface area contributed by atoms with Crippen molar-refractivity contribution in [2.75, 3.05) is 12.8 Å². The third kappa shape index (κ3) is 3.98. The number of hydrogen-bond donors (Lipinski definition) is 1. The molecule has 0 spiro atoms. The topological polar surface area (TPSA) is 63.2 Å². The van der Waals surface area contributed by atoms with Crippen molar-refractivity contribution in [2.45, 2.75) is 50.7 Å². The number of sulfone groups is 1. The molecular formula is C21H29NO3S. The predicted molar refractivity (Wildman–Crippen MR) is 103 cm³/mol. The third-order valence-electron chi connectivity index (χ3n) is 6.72. The molecule has 0 radical (unpaired) electrons. The molecular weight excluding hydrogens is 346 g/mol. The molecule has 4 bridgehead atoms. The van der Waals surface area contributed by atoms with Gasteiger partial charge in [-0.3, -0.25) is 4.79 Å². The van der Waals surface area contributed by atoms with Crippen LogP contribution in [0.1, 0.15) is 60.9 Å². The Labute approximate surface area is 156 Å². The molecule has 0 aromatic heterocycles. The van der Waals surface area contributed by atoms with Crippen molar-refractivity contribution in [3.8, 4) is 0 Å².